The first-order chi connectivity index (χ1) is 8.24. The number of anilines is 1. The van der Waals surface area contributed by atoms with Crippen molar-refractivity contribution < 1.29 is 9.53 Å². The predicted molar refractivity (Wildman–Crippen MR) is 70.6 cm³/mol. The number of rotatable bonds is 4. The molecule has 1 aliphatic rings. The monoisotopic (exact) mass is 253 g/mol. The third kappa shape index (κ3) is 2.63. The van der Waals surface area contributed by atoms with Gasteiger partial charge < -0.3 is 10.5 Å². The Morgan fingerprint density at radius 2 is 2.18 bits per heavy atom. The summed E-state index contributed by atoms with van der Waals surface area (Å²) in [6, 6.07) is 0. The fraction of sp³-hybridized carbons (Fsp3) is 0.615. The molecule has 0 aliphatic heterocycles. The van der Waals surface area contributed by atoms with Crippen molar-refractivity contribution in [3.05, 3.63) is 16.0 Å². The van der Waals surface area contributed by atoms with E-state index in [1.165, 1.54) is 11.3 Å². The number of carbonyl (C=O) groups excluding carboxylic acids is 1. The van der Waals surface area contributed by atoms with E-state index in [0.717, 1.165) is 37.7 Å². The quantitative estimate of drug-likeness (QED) is 0.662. The van der Waals surface area contributed by atoms with Crippen LogP contribution < -0.4 is 5.73 Å². The number of carbonyl (C=O) groups is 1. The molecule has 1 aromatic rings. The third-order valence-corrected chi connectivity index (χ3v) is 4.25. The van der Waals surface area contributed by atoms with Gasteiger partial charge in [0.1, 0.15) is 5.00 Å². The van der Waals surface area contributed by atoms with Crippen molar-refractivity contribution in [2.75, 3.05) is 12.3 Å². The summed E-state index contributed by atoms with van der Waals surface area (Å²) >= 11 is 1.56. The number of nitrogen functional groups attached to an aromatic ring is 1. The van der Waals surface area contributed by atoms with Gasteiger partial charge in [-0.15, -0.1) is 11.3 Å². The molecule has 0 aromatic carbocycles. The van der Waals surface area contributed by atoms with Crippen LogP contribution in [-0.2, 0) is 17.6 Å². The number of hydrogen-bond acceptors (Lipinski definition) is 4. The summed E-state index contributed by atoms with van der Waals surface area (Å²) in [5, 5.41) is 0.637. The predicted octanol–water partition coefficient (Wildman–Crippen LogP) is 3.17. The Morgan fingerprint density at radius 3 is 2.94 bits per heavy atom. The molecule has 0 atom stereocenters. The Kier molecular flexibility index (Phi) is 4.05. The Hall–Kier alpha value is -1.03. The maximum atomic E-state index is 12.0. The zero-order chi connectivity index (χ0) is 12.3. The third-order valence-electron chi connectivity index (χ3n) is 3.13. The minimum absolute atomic E-state index is 0.227. The fourth-order valence-electron chi connectivity index (χ4n) is 2.19. The summed E-state index contributed by atoms with van der Waals surface area (Å²) in [7, 11) is 0. The Labute approximate surface area is 106 Å². The van der Waals surface area contributed by atoms with Gasteiger partial charge in [0.25, 0.3) is 0 Å². The zero-order valence-electron chi connectivity index (χ0n) is 10.3. The number of hydrogen-bond donors (Lipinski definition) is 1. The van der Waals surface area contributed by atoms with E-state index in [1.54, 1.807) is 11.3 Å². The first-order valence-electron chi connectivity index (χ1n) is 6.31. The Morgan fingerprint density at radius 1 is 1.41 bits per heavy atom. The number of nitrogens with two attached hydrogens (primary N) is 1. The second-order valence-corrected chi connectivity index (χ2v) is 5.58. The van der Waals surface area contributed by atoms with Crippen LogP contribution in [0.4, 0.5) is 5.00 Å². The zero-order valence-corrected chi connectivity index (χ0v) is 11.1. The molecule has 2 rings (SSSR count). The Bertz CT molecular complexity index is 412. The van der Waals surface area contributed by atoms with E-state index in [0.29, 0.717) is 17.2 Å². The summed E-state index contributed by atoms with van der Waals surface area (Å²) in [5.74, 6) is -0.227. The van der Waals surface area contributed by atoms with Crippen LogP contribution >= 0.6 is 11.3 Å². The van der Waals surface area contributed by atoms with E-state index in [1.807, 2.05) is 0 Å². The summed E-state index contributed by atoms with van der Waals surface area (Å²) in [4.78, 5) is 13.3. The topological polar surface area (TPSA) is 52.3 Å². The molecule has 94 valence electrons. The standard InChI is InChI=1S/C13H19NO2S/c1-2-3-8-16-13(15)11-9-6-4-5-7-10(9)17-12(11)14/h2-8,14H2,1H3. The molecule has 0 amide bonds. The van der Waals surface area contributed by atoms with Crippen LogP contribution in [0.5, 0.6) is 0 Å². The van der Waals surface area contributed by atoms with Crippen LogP contribution in [0.1, 0.15) is 53.4 Å². The van der Waals surface area contributed by atoms with E-state index in [4.69, 9.17) is 10.5 Å². The van der Waals surface area contributed by atoms with Gasteiger partial charge in [-0.2, -0.15) is 0 Å². The van der Waals surface area contributed by atoms with E-state index < -0.39 is 0 Å². The number of fused-ring (bicyclic) bond motifs is 1. The molecule has 0 bridgehead atoms. The lowest BCUT2D eigenvalue weighted by Crippen LogP contribution is -2.11. The first-order valence-corrected chi connectivity index (χ1v) is 7.12. The van der Waals surface area contributed by atoms with Crippen LogP contribution in [0.3, 0.4) is 0 Å². The number of thiophene rings is 1. The second-order valence-electron chi connectivity index (χ2n) is 4.44. The van der Waals surface area contributed by atoms with E-state index in [9.17, 15) is 4.79 Å². The van der Waals surface area contributed by atoms with Gasteiger partial charge in [0.2, 0.25) is 0 Å². The SMILES string of the molecule is CCCCOC(=O)c1c(N)sc2c1CCCC2. The summed E-state index contributed by atoms with van der Waals surface area (Å²) in [6.45, 7) is 2.58. The highest BCUT2D eigenvalue weighted by Gasteiger charge is 2.24. The van der Waals surface area contributed by atoms with Crippen molar-refractivity contribution in [3.8, 4) is 0 Å². The molecule has 0 saturated carbocycles. The van der Waals surface area contributed by atoms with Gasteiger partial charge in [-0.05, 0) is 37.7 Å². The van der Waals surface area contributed by atoms with Crippen molar-refractivity contribution in [2.45, 2.75) is 45.4 Å². The van der Waals surface area contributed by atoms with Crippen molar-refractivity contribution in [3.63, 3.8) is 0 Å². The van der Waals surface area contributed by atoms with Crippen molar-refractivity contribution >= 4 is 22.3 Å². The lowest BCUT2D eigenvalue weighted by Gasteiger charge is -2.12. The minimum Gasteiger partial charge on any atom is -0.462 e. The molecule has 0 fully saturated rings. The first kappa shape index (κ1) is 12.4. The van der Waals surface area contributed by atoms with Gasteiger partial charge in [-0.1, -0.05) is 13.3 Å². The molecular weight excluding hydrogens is 234 g/mol. The average molecular weight is 253 g/mol. The molecule has 0 radical (unpaired) electrons. The van der Waals surface area contributed by atoms with Crippen LogP contribution in [0, 0.1) is 0 Å². The minimum atomic E-state index is -0.227. The Balaban J connectivity index is 2.14. The van der Waals surface area contributed by atoms with E-state index in [-0.39, 0.29) is 5.97 Å². The van der Waals surface area contributed by atoms with Crippen molar-refractivity contribution in [1.82, 2.24) is 0 Å². The molecule has 17 heavy (non-hydrogen) atoms. The van der Waals surface area contributed by atoms with Gasteiger partial charge in [-0.3, -0.25) is 0 Å². The molecule has 0 unspecified atom stereocenters. The number of esters is 1. The largest absolute Gasteiger partial charge is 0.462 e. The molecule has 2 N–H and O–H groups in total. The van der Waals surface area contributed by atoms with Gasteiger partial charge in [0.05, 0.1) is 12.2 Å². The normalized spacial score (nSPS) is 14.4. The van der Waals surface area contributed by atoms with Crippen molar-refractivity contribution in [2.24, 2.45) is 0 Å². The van der Waals surface area contributed by atoms with E-state index in [2.05, 4.69) is 6.92 Å². The summed E-state index contributed by atoms with van der Waals surface area (Å²) < 4.78 is 5.26. The van der Waals surface area contributed by atoms with Crippen LogP contribution in [0.25, 0.3) is 0 Å². The smallest absolute Gasteiger partial charge is 0.341 e. The highest BCUT2D eigenvalue weighted by molar-refractivity contribution is 7.16. The maximum Gasteiger partial charge on any atom is 0.341 e. The highest BCUT2D eigenvalue weighted by atomic mass is 32.1. The molecule has 4 heteroatoms. The molecule has 0 spiro atoms. The summed E-state index contributed by atoms with van der Waals surface area (Å²) in [6.07, 6.45) is 6.34. The molecule has 1 heterocycles. The molecule has 3 nitrogen and oxygen atoms in total. The number of aryl methyl sites for hydroxylation is 1. The van der Waals surface area contributed by atoms with Crippen LogP contribution in [0.15, 0.2) is 0 Å². The van der Waals surface area contributed by atoms with Gasteiger partial charge in [0, 0.05) is 4.88 Å². The van der Waals surface area contributed by atoms with E-state index >= 15 is 0 Å². The van der Waals surface area contributed by atoms with Crippen LogP contribution in [0.2, 0.25) is 0 Å². The summed E-state index contributed by atoms with van der Waals surface area (Å²) in [5.41, 5.74) is 7.75. The maximum absolute atomic E-state index is 12.0. The fourth-order valence-corrected chi connectivity index (χ4v) is 3.34. The van der Waals surface area contributed by atoms with Gasteiger partial charge >= 0.3 is 5.97 Å². The van der Waals surface area contributed by atoms with Crippen LogP contribution in [-0.4, -0.2) is 12.6 Å². The molecule has 1 aromatic heterocycles. The number of ether oxygens (including phenoxy) is 1. The second kappa shape index (κ2) is 5.54. The molecular formula is C13H19NO2S. The van der Waals surface area contributed by atoms with Gasteiger partial charge in [0.15, 0.2) is 0 Å². The number of unbranched alkanes of at least 4 members (excludes halogenated alkanes) is 1. The lowest BCUT2D eigenvalue weighted by molar-refractivity contribution is 0.0500. The van der Waals surface area contributed by atoms with Gasteiger partial charge in [-0.25, -0.2) is 4.79 Å². The van der Waals surface area contributed by atoms with Crippen molar-refractivity contribution in [1.29, 1.82) is 0 Å². The molecule has 0 saturated heterocycles. The lowest BCUT2D eigenvalue weighted by atomic mass is 9.95. The average Bonchev–Trinajstić information content (AvgIpc) is 2.65. The highest BCUT2D eigenvalue weighted by Crippen LogP contribution is 2.36. The molecule has 1 aliphatic carbocycles.